The van der Waals surface area contributed by atoms with Gasteiger partial charge in [-0.15, -0.1) is 0 Å². The van der Waals surface area contributed by atoms with Gasteiger partial charge < -0.3 is 9.84 Å². The first-order valence-electron chi connectivity index (χ1n) is 8.69. The van der Waals surface area contributed by atoms with Crippen molar-refractivity contribution in [2.75, 3.05) is 5.32 Å². The Morgan fingerprint density at radius 1 is 1.14 bits per heavy atom. The van der Waals surface area contributed by atoms with Crippen LogP contribution in [0.3, 0.4) is 0 Å². The first kappa shape index (κ1) is 19.4. The molecule has 29 heavy (non-hydrogen) atoms. The van der Waals surface area contributed by atoms with Crippen LogP contribution in [0.5, 0.6) is 0 Å². The molecule has 10 heteroatoms. The minimum atomic E-state index is -0.377. The maximum Gasteiger partial charge on any atom is 0.278 e. The van der Waals surface area contributed by atoms with Crippen molar-refractivity contribution in [2.45, 2.75) is 20.0 Å². The molecule has 1 N–H and O–H groups in total. The van der Waals surface area contributed by atoms with Gasteiger partial charge in [0.05, 0.1) is 36.2 Å². The number of carbonyl (C=O) groups excluding carboxylic acids is 1. The zero-order valence-electron chi connectivity index (χ0n) is 15.3. The molecule has 0 radical (unpaired) electrons. The van der Waals surface area contributed by atoms with Gasteiger partial charge in [0.2, 0.25) is 0 Å². The fourth-order valence-corrected chi connectivity index (χ4v) is 3.24. The van der Waals surface area contributed by atoms with E-state index in [1.165, 1.54) is 6.20 Å². The molecule has 0 aliphatic heterocycles. The number of aryl methyl sites for hydroxylation is 1. The van der Waals surface area contributed by atoms with Gasteiger partial charge in [0.1, 0.15) is 5.76 Å². The average Bonchev–Trinajstić information content (AvgIpc) is 3.40. The maximum atomic E-state index is 12.7. The SMILES string of the molecule is Cc1onc(C(=O)Nc2cnn(Cc3ccc(Br)cc3)c2)c1Cn1cc(Cl)cn1. The van der Waals surface area contributed by atoms with Crippen LogP contribution in [-0.2, 0) is 13.1 Å². The number of benzene rings is 1. The third-order valence-electron chi connectivity index (χ3n) is 4.27. The van der Waals surface area contributed by atoms with Gasteiger partial charge >= 0.3 is 0 Å². The molecule has 0 fully saturated rings. The van der Waals surface area contributed by atoms with E-state index >= 15 is 0 Å². The highest BCUT2D eigenvalue weighted by Crippen LogP contribution is 2.18. The lowest BCUT2D eigenvalue weighted by molar-refractivity contribution is 0.101. The summed E-state index contributed by atoms with van der Waals surface area (Å²) in [5, 5.41) is 15.7. The molecule has 3 aromatic heterocycles. The third kappa shape index (κ3) is 4.57. The van der Waals surface area contributed by atoms with E-state index in [0.717, 1.165) is 10.0 Å². The van der Waals surface area contributed by atoms with Gasteiger partial charge in [-0.3, -0.25) is 14.2 Å². The number of nitrogens with one attached hydrogen (secondary N) is 1. The van der Waals surface area contributed by atoms with E-state index in [-0.39, 0.29) is 11.6 Å². The zero-order chi connectivity index (χ0) is 20.4. The van der Waals surface area contributed by atoms with Crippen molar-refractivity contribution < 1.29 is 9.32 Å². The Labute approximate surface area is 179 Å². The van der Waals surface area contributed by atoms with Crippen molar-refractivity contribution in [3.05, 3.63) is 81.1 Å². The fraction of sp³-hybridized carbons (Fsp3) is 0.158. The van der Waals surface area contributed by atoms with E-state index in [1.807, 2.05) is 24.3 Å². The number of amides is 1. The van der Waals surface area contributed by atoms with E-state index in [2.05, 4.69) is 36.6 Å². The van der Waals surface area contributed by atoms with Crippen molar-refractivity contribution in [2.24, 2.45) is 0 Å². The highest BCUT2D eigenvalue weighted by atomic mass is 79.9. The molecule has 1 amide bonds. The highest BCUT2D eigenvalue weighted by Gasteiger charge is 2.21. The Morgan fingerprint density at radius 2 is 1.86 bits per heavy atom. The molecule has 0 saturated carbocycles. The number of nitrogens with zero attached hydrogens (tertiary/aromatic N) is 5. The van der Waals surface area contributed by atoms with E-state index < -0.39 is 0 Å². The second-order valence-electron chi connectivity index (χ2n) is 6.43. The first-order valence-corrected chi connectivity index (χ1v) is 9.86. The largest absolute Gasteiger partial charge is 0.361 e. The Bertz CT molecular complexity index is 1150. The van der Waals surface area contributed by atoms with Gasteiger partial charge in [0.15, 0.2) is 5.69 Å². The predicted octanol–water partition coefficient (Wildman–Crippen LogP) is 4.14. The van der Waals surface area contributed by atoms with Crippen molar-refractivity contribution in [1.82, 2.24) is 24.7 Å². The van der Waals surface area contributed by atoms with E-state index in [9.17, 15) is 4.79 Å². The summed E-state index contributed by atoms with van der Waals surface area (Å²) < 4.78 is 9.61. The number of carbonyl (C=O) groups is 1. The van der Waals surface area contributed by atoms with Gasteiger partial charge in [-0.1, -0.05) is 44.8 Å². The van der Waals surface area contributed by atoms with Gasteiger partial charge in [-0.25, -0.2) is 0 Å². The molecular weight excluding hydrogens is 460 g/mol. The second kappa shape index (κ2) is 8.22. The lowest BCUT2D eigenvalue weighted by Crippen LogP contribution is -2.15. The molecule has 1 aromatic carbocycles. The molecule has 8 nitrogen and oxygen atoms in total. The summed E-state index contributed by atoms with van der Waals surface area (Å²) in [7, 11) is 0. The van der Waals surface area contributed by atoms with Crippen molar-refractivity contribution in [1.29, 1.82) is 0 Å². The van der Waals surface area contributed by atoms with E-state index in [1.54, 1.807) is 34.9 Å². The summed E-state index contributed by atoms with van der Waals surface area (Å²) in [5.41, 5.74) is 2.52. The van der Waals surface area contributed by atoms with Gasteiger partial charge in [0, 0.05) is 22.4 Å². The monoisotopic (exact) mass is 474 g/mol. The van der Waals surface area contributed by atoms with Crippen molar-refractivity contribution in [3.63, 3.8) is 0 Å². The standard InChI is InChI=1S/C19H16BrClN6O2/c1-12-17(11-27-9-15(21)6-22-27)18(25-29-12)19(28)24-16-7-23-26(10-16)8-13-2-4-14(20)5-3-13/h2-7,9-10H,8,11H2,1H3,(H,24,28). The van der Waals surface area contributed by atoms with Crippen LogP contribution < -0.4 is 5.32 Å². The normalized spacial score (nSPS) is 11.0. The number of hydrogen-bond donors (Lipinski definition) is 1. The second-order valence-corrected chi connectivity index (χ2v) is 7.78. The number of hydrogen-bond acceptors (Lipinski definition) is 5. The van der Waals surface area contributed by atoms with Gasteiger partial charge in [0.25, 0.3) is 5.91 Å². The molecule has 0 bridgehead atoms. The fourth-order valence-electron chi connectivity index (χ4n) is 2.82. The Hall–Kier alpha value is -2.91. The quantitative estimate of drug-likeness (QED) is 0.452. The number of rotatable bonds is 6. The summed E-state index contributed by atoms with van der Waals surface area (Å²) in [6, 6.07) is 7.97. The molecule has 0 atom stereocenters. The van der Waals surface area contributed by atoms with Crippen LogP contribution in [-0.4, -0.2) is 30.6 Å². The number of aromatic nitrogens is 5. The minimum Gasteiger partial charge on any atom is -0.361 e. The molecule has 4 rings (SSSR count). The summed E-state index contributed by atoms with van der Waals surface area (Å²) >= 11 is 9.32. The molecular formula is C19H16BrClN6O2. The molecule has 148 valence electrons. The number of halogens is 2. The average molecular weight is 476 g/mol. The summed E-state index contributed by atoms with van der Waals surface area (Å²) in [4.78, 5) is 12.7. The van der Waals surface area contributed by atoms with Gasteiger partial charge in [-0.05, 0) is 24.6 Å². The third-order valence-corrected chi connectivity index (χ3v) is 4.99. The van der Waals surface area contributed by atoms with Crippen molar-refractivity contribution in [3.8, 4) is 0 Å². The summed E-state index contributed by atoms with van der Waals surface area (Å²) in [6.07, 6.45) is 6.56. The van der Waals surface area contributed by atoms with Crippen LogP contribution in [0.1, 0.15) is 27.4 Å². The van der Waals surface area contributed by atoms with Crippen LogP contribution >= 0.6 is 27.5 Å². The minimum absolute atomic E-state index is 0.204. The molecule has 0 aliphatic carbocycles. The van der Waals surface area contributed by atoms with Crippen LogP contribution in [0.25, 0.3) is 0 Å². The number of anilines is 1. The molecule has 0 spiro atoms. The van der Waals surface area contributed by atoms with Crippen LogP contribution in [0.15, 0.2) is 58.0 Å². The summed E-state index contributed by atoms with van der Waals surface area (Å²) in [5.74, 6) is 0.172. The smallest absolute Gasteiger partial charge is 0.278 e. The maximum absolute atomic E-state index is 12.7. The molecule has 0 unspecified atom stereocenters. The van der Waals surface area contributed by atoms with E-state index in [4.69, 9.17) is 16.1 Å². The van der Waals surface area contributed by atoms with Crippen LogP contribution in [0, 0.1) is 6.92 Å². The lowest BCUT2D eigenvalue weighted by Gasteiger charge is -2.04. The molecule has 3 heterocycles. The molecule has 0 aliphatic rings. The highest BCUT2D eigenvalue weighted by molar-refractivity contribution is 9.10. The Kier molecular flexibility index (Phi) is 5.50. The Balaban J connectivity index is 1.46. The lowest BCUT2D eigenvalue weighted by atomic mass is 10.2. The van der Waals surface area contributed by atoms with Crippen molar-refractivity contribution >= 4 is 39.1 Å². The first-order chi connectivity index (χ1) is 14.0. The zero-order valence-corrected chi connectivity index (χ0v) is 17.7. The van der Waals surface area contributed by atoms with Gasteiger partial charge in [-0.2, -0.15) is 10.2 Å². The molecule has 0 saturated heterocycles. The predicted molar refractivity (Wildman–Crippen MR) is 111 cm³/mol. The molecule has 4 aromatic rings. The topological polar surface area (TPSA) is 90.8 Å². The van der Waals surface area contributed by atoms with Crippen LogP contribution in [0.2, 0.25) is 5.02 Å². The Morgan fingerprint density at radius 3 is 2.59 bits per heavy atom. The van der Waals surface area contributed by atoms with E-state index in [0.29, 0.717) is 35.1 Å². The van der Waals surface area contributed by atoms with Crippen LogP contribution in [0.4, 0.5) is 5.69 Å². The summed E-state index contributed by atoms with van der Waals surface area (Å²) in [6.45, 7) is 2.67.